The predicted octanol–water partition coefficient (Wildman–Crippen LogP) is 0.141. The SMILES string of the molecule is Cn1ccnc1CC(=O)CC1CNC1. The number of nitrogens with one attached hydrogen (secondary N) is 1. The van der Waals surface area contributed by atoms with E-state index in [0.29, 0.717) is 24.5 Å². The second kappa shape index (κ2) is 3.92. The van der Waals surface area contributed by atoms with Crippen molar-refractivity contribution in [3.8, 4) is 0 Å². The smallest absolute Gasteiger partial charge is 0.140 e. The molecule has 76 valence electrons. The van der Waals surface area contributed by atoms with Crippen molar-refractivity contribution in [1.82, 2.24) is 14.9 Å². The number of nitrogens with zero attached hydrogens (tertiary/aromatic N) is 2. The van der Waals surface area contributed by atoms with Gasteiger partial charge in [-0.25, -0.2) is 4.98 Å². The summed E-state index contributed by atoms with van der Waals surface area (Å²) in [4.78, 5) is 15.7. The Morgan fingerprint density at radius 3 is 3.00 bits per heavy atom. The molecule has 1 aliphatic heterocycles. The molecule has 0 aromatic carbocycles. The Hall–Kier alpha value is -1.16. The lowest BCUT2D eigenvalue weighted by Crippen LogP contribution is -2.43. The van der Waals surface area contributed by atoms with Crippen LogP contribution in [0.3, 0.4) is 0 Å². The molecule has 0 radical (unpaired) electrons. The predicted molar refractivity (Wildman–Crippen MR) is 52.9 cm³/mol. The van der Waals surface area contributed by atoms with Gasteiger partial charge in [-0.3, -0.25) is 4.79 Å². The molecule has 1 fully saturated rings. The van der Waals surface area contributed by atoms with Gasteiger partial charge >= 0.3 is 0 Å². The van der Waals surface area contributed by atoms with Crippen molar-refractivity contribution < 1.29 is 4.79 Å². The van der Waals surface area contributed by atoms with Gasteiger partial charge in [-0.15, -0.1) is 0 Å². The highest BCUT2D eigenvalue weighted by Crippen LogP contribution is 2.10. The molecule has 14 heavy (non-hydrogen) atoms. The third-order valence-corrected chi connectivity index (χ3v) is 2.66. The van der Waals surface area contributed by atoms with Gasteiger partial charge in [0.25, 0.3) is 0 Å². The van der Waals surface area contributed by atoms with E-state index in [-0.39, 0.29) is 0 Å². The van der Waals surface area contributed by atoms with Crippen LogP contribution in [0, 0.1) is 5.92 Å². The largest absolute Gasteiger partial charge is 0.338 e. The normalized spacial score (nSPS) is 16.6. The number of rotatable bonds is 4. The number of carbonyl (C=O) groups is 1. The minimum Gasteiger partial charge on any atom is -0.338 e. The summed E-state index contributed by atoms with van der Waals surface area (Å²) >= 11 is 0. The quantitative estimate of drug-likeness (QED) is 0.740. The Morgan fingerprint density at radius 2 is 2.50 bits per heavy atom. The summed E-state index contributed by atoms with van der Waals surface area (Å²) in [5, 5.41) is 3.16. The maximum Gasteiger partial charge on any atom is 0.140 e. The topological polar surface area (TPSA) is 46.9 Å². The van der Waals surface area contributed by atoms with Crippen LogP contribution in [0.25, 0.3) is 0 Å². The number of aromatic nitrogens is 2. The van der Waals surface area contributed by atoms with Crippen molar-refractivity contribution in [2.75, 3.05) is 13.1 Å². The van der Waals surface area contributed by atoms with Crippen molar-refractivity contribution in [3.05, 3.63) is 18.2 Å². The van der Waals surface area contributed by atoms with Crippen molar-refractivity contribution in [2.45, 2.75) is 12.8 Å². The van der Waals surface area contributed by atoms with Crippen LogP contribution in [0.4, 0.5) is 0 Å². The molecule has 0 unspecified atom stereocenters. The Balaban J connectivity index is 1.84. The fraction of sp³-hybridized carbons (Fsp3) is 0.600. The van der Waals surface area contributed by atoms with Crippen LogP contribution in [0.5, 0.6) is 0 Å². The monoisotopic (exact) mass is 193 g/mol. The number of hydrogen-bond donors (Lipinski definition) is 1. The Kier molecular flexibility index (Phi) is 2.63. The minimum absolute atomic E-state index is 0.297. The summed E-state index contributed by atoms with van der Waals surface area (Å²) in [6.07, 6.45) is 4.76. The van der Waals surface area contributed by atoms with Crippen LogP contribution in [0.15, 0.2) is 12.4 Å². The molecule has 1 aromatic rings. The third kappa shape index (κ3) is 2.01. The summed E-state index contributed by atoms with van der Waals surface area (Å²) in [6, 6.07) is 0. The first-order chi connectivity index (χ1) is 6.75. The van der Waals surface area contributed by atoms with E-state index in [9.17, 15) is 4.79 Å². The van der Waals surface area contributed by atoms with Gasteiger partial charge in [0.15, 0.2) is 0 Å². The summed E-state index contributed by atoms with van der Waals surface area (Å²) in [6.45, 7) is 1.98. The lowest BCUT2D eigenvalue weighted by Gasteiger charge is -2.26. The summed E-state index contributed by atoms with van der Waals surface area (Å²) in [5.41, 5.74) is 0. The molecule has 0 spiro atoms. The summed E-state index contributed by atoms with van der Waals surface area (Å²) < 4.78 is 1.90. The van der Waals surface area contributed by atoms with Crippen molar-refractivity contribution in [2.24, 2.45) is 13.0 Å². The van der Waals surface area contributed by atoms with E-state index >= 15 is 0 Å². The van der Waals surface area contributed by atoms with Crippen molar-refractivity contribution >= 4 is 5.78 Å². The number of imidazole rings is 1. The van der Waals surface area contributed by atoms with E-state index in [2.05, 4.69) is 10.3 Å². The maximum atomic E-state index is 11.6. The Labute approximate surface area is 83.3 Å². The van der Waals surface area contributed by atoms with Gasteiger partial charge in [-0.1, -0.05) is 0 Å². The third-order valence-electron chi connectivity index (χ3n) is 2.66. The van der Waals surface area contributed by atoms with Crippen LogP contribution < -0.4 is 5.32 Å². The highest BCUT2D eigenvalue weighted by atomic mass is 16.1. The van der Waals surface area contributed by atoms with E-state index in [4.69, 9.17) is 0 Å². The van der Waals surface area contributed by atoms with Crippen LogP contribution in [-0.2, 0) is 18.3 Å². The summed E-state index contributed by atoms with van der Waals surface area (Å²) in [5.74, 6) is 1.72. The van der Waals surface area contributed by atoms with Crippen LogP contribution in [0.1, 0.15) is 12.2 Å². The molecule has 1 aliphatic rings. The molecule has 0 atom stereocenters. The van der Waals surface area contributed by atoms with Gasteiger partial charge < -0.3 is 9.88 Å². The Bertz CT molecular complexity index is 328. The van der Waals surface area contributed by atoms with Gasteiger partial charge in [0, 0.05) is 25.9 Å². The van der Waals surface area contributed by atoms with Gasteiger partial charge in [0.2, 0.25) is 0 Å². The number of ketones is 1. The van der Waals surface area contributed by atoms with E-state index in [1.807, 2.05) is 17.8 Å². The standard InChI is InChI=1S/C10H15N3O/c1-13-3-2-12-10(13)5-9(14)4-8-6-11-7-8/h2-3,8,11H,4-7H2,1H3. The zero-order valence-electron chi connectivity index (χ0n) is 8.36. The maximum absolute atomic E-state index is 11.6. The van der Waals surface area contributed by atoms with Gasteiger partial charge in [-0.2, -0.15) is 0 Å². The lowest BCUT2D eigenvalue weighted by molar-refractivity contribution is -0.119. The van der Waals surface area contributed by atoms with E-state index < -0.39 is 0 Å². The fourth-order valence-corrected chi connectivity index (χ4v) is 1.63. The van der Waals surface area contributed by atoms with Gasteiger partial charge in [0.1, 0.15) is 11.6 Å². The zero-order chi connectivity index (χ0) is 9.97. The minimum atomic E-state index is 0.297. The molecule has 4 heteroatoms. The number of hydrogen-bond acceptors (Lipinski definition) is 3. The van der Waals surface area contributed by atoms with Crippen LogP contribution in [0.2, 0.25) is 0 Å². The highest BCUT2D eigenvalue weighted by Gasteiger charge is 2.20. The van der Waals surface area contributed by atoms with Crippen LogP contribution >= 0.6 is 0 Å². The molecule has 2 heterocycles. The molecule has 1 saturated heterocycles. The zero-order valence-corrected chi connectivity index (χ0v) is 8.36. The van der Waals surface area contributed by atoms with E-state index in [1.165, 1.54) is 0 Å². The molecule has 0 amide bonds. The van der Waals surface area contributed by atoms with Crippen molar-refractivity contribution in [3.63, 3.8) is 0 Å². The van der Waals surface area contributed by atoms with Gasteiger partial charge in [0.05, 0.1) is 6.42 Å². The molecule has 4 nitrogen and oxygen atoms in total. The molecule has 1 N–H and O–H groups in total. The number of Topliss-reactive ketones (excluding diaryl/α,β-unsaturated/α-hetero) is 1. The first-order valence-electron chi connectivity index (χ1n) is 4.94. The molecular weight excluding hydrogens is 178 g/mol. The molecule has 2 rings (SSSR count). The molecular formula is C10H15N3O. The van der Waals surface area contributed by atoms with E-state index in [1.54, 1.807) is 6.20 Å². The molecule has 0 aliphatic carbocycles. The molecule has 1 aromatic heterocycles. The summed E-state index contributed by atoms with van der Waals surface area (Å²) in [7, 11) is 1.92. The van der Waals surface area contributed by atoms with Crippen molar-refractivity contribution in [1.29, 1.82) is 0 Å². The number of carbonyl (C=O) groups excluding carboxylic acids is 1. The average molecular weight is 193 g/mol. The molecule has 0 saturated carbocycles. The van der Waals surface area contributed by atoms with Crippen LogP contribution in [-0.4, -0.2) is 28.4 Å². The average Bonchev–Trinajstić information content (AvgIpc) is 2.45. The highest BCUT2D eigenvalue weighted by molar-refractivity contribution is 5.80. The lowest BCUT2D eigenvalue weighted by atomic mass is 9.95. The first kappa shape index (κ1) is 9.40. The Morgan fingerprint density at radius 1 is 1.71 bits per heavy atom. The van der Waals surface area contributed by atoms with Gasteiger partial charge in [-0.05, 0) is 19.0 Å². The number of aryl methyl sites for hydroxylation is 1. The fourth-order valence-electron chi connectivity index (χ4n) is 1.63. The second-order valence-electron chi connectivity index (χ2n) is 3.90. The van der Waals surface area contributed by atoms with E-state index in [0.717, 1.165) is 18.9 Å². The first-order valence-corrected chi connectivity index (χ1v) is 4.94. The molecule has 0 bridgehead atoms. The second-order valence-corrected chi connectivity index (χ2v) is 3.90.